The molecule has 0 aliphatic carbocycles. The van der Waals surface area contributed by atoms with Crippen LogP contribution in [0, 0.1) is 0 Å². The number of ether oxygens (including phenoxy) is 2. The predicted molar refractivity (Wildman–Crippen MR) is 50.5 cm³/mol. The molecule has 0 rings (SSSR count). The summed E-state index contributed by atoms with van der Waals surface area (Å²) in [5.74, 6) is 0. The van der Waals surface area contributed by atoms with Crippen LogP contribution in [0.5, 0.6) is 0 Å². The van der Waals surface area contributed by atoms with Crippen molar-refractivity contribution in [3.8, 4) is 0 Å². The lowest BCUT2D eigenvalue weighted by Crippen LogP contribution is -2.29. The van der Waals surface area contributed by atoms with Gasteiger partial charge in [-0.15, -0.1) is 0 Å². The molecule has 0 aromatic rings. The summed E-state index contributed by atoms with van der Waals surface area (Å²) in [6.07, 6.45) is 1.39. The lowest BCUT2D eigenvalue weighted by molar-refractivity contribution is 0.0650. The number of methoxy groups -OCH3 is 1. The van der Waals surface area contributed by atoms with Crippen LogP contribution in [-0.2, 0) is 9.47 Å². The van der Waals surface area contributed by atoms with Gasteiger partial charge in [0.1, 0.15) is 0 Å². The molecule has 74 valence electrons. The van der Waals surface area contributed by atoms with Crippen LogP contribution in [0.3, 0.4) is 0 Å². The van der Waals surface area contributed by atoms with E-state index in [2.05, 4.69) is 19.2 Å². The Balaban J connectivity index is 3.02. The van der Waals surface area contributed by atoms with Gasteiger partial charge in [0.2, 0.25) is 0 Å². The van der Waals surface area contributed by atoms with E-state index in [0.29, 0.717) is 6.10 Å². The molecule has 0 heterocycles. The fourth-order valence-electron chi connectivity index (χ4n) is 0.858. The van der Waals surface area contributed by atoms with Crippen LogP contribution in [0.4, 0.5) is 0 Å². The summed E-state index contributed by atoms with van der Waals surface area (Å²) in [5.41, 5.74) is 0. The normalized spacial score (nSPS) is 13.2. The van der Waals surface area contributed by atoms with Crippen molar-refractivity contribution >= 4 is 0 Å². The van der Waals surface area contributed by atoms with Crippen molar-refractivity contribution in [3.05, 3.63) is 0 Å². The molecule has 1 N–H and O–H groups in total. The maximum Gasteiger partial charge on any atom is 0.0671 e. The Hall–Kier alpha value is -0.120. The highest BCUT2D eigenvalue weighted by Gasteiger charge is 1.99. The standard InChI is InChI=1S/C9H21NO2/c1-4-6-12-9(2)8-10-5-7-11-3/h9-10H,4-8H2,1-3H3. The molecular weight excluding hydrogens is 154 g/mol. The molecule has 1 atom stereocenters. The second-order valence-electron chi connectivity index (χ2n) is 2.88. The topological polar surface area (TPSA) is 30.5 Å². The number of nitrogens with one attached hydrogen (secondary N) is 1. The first-order valence-corrected chi connectivity index (χ1v) is 4.62. The first-order valence-electron chi connectivity index (χ1n) is 4.62. The molecule has 0 bridgehead atoms. The van der Waals surface area contributed by atoms with E-state index in [4.69, 9.17) is 9.47 Å². The van der Waals surface area contributed by atoms with Crippen LogP contribution in [0.1, 0.15) is 20.3 Å². The van der Waals surface area contributed by atoms with Crippen molar-refractivity contribution in [2.75, 3.05) is 33.4 Å². The van der Waals surface area contributed by atoms with E-state index < -0.39 is 0 Å². The van der Waals surface area contributed by atoms with E-state index in [1.807, 2.05) is 0 Å². The second-order valence-corrected chi connectivity index (χ2v) is 2.88. The first kappa shape index (κ1) is 11.9. The van der Waals surface area contributed by atoms with Crippen LogP contribution >= 0.6 is 0 Å². The highest BCUT2D eigenvalue weighted by Crippen LogP contribution is 1.89. The molecule has 3 heteroatoms. The minimum atomic E-state index is 0.307. The van der Waals surface area contributed by atoms with Crippen molar-refractivity contribution < 1.29 is 9.47 Å². The smallest absolute Gasteiger partial charge is 0.0671 e. The molecule has 0 aliphatic heterocycles. The Kier molecular flexibility index (Phi) is 8.88. The predicted octanol–water partition coefficient (Wildman–Crippen LogP) is 1.04. The molecule has 0 radical (unpaired) electrons. The van der Waals surface area contributed by atoms with Gasteiger partial charge in [0.15, 0.2) is 0 Å². The Morgan fingerprint density at radius 2 is 2.08 bits per heavy atom. The molecule has 0 aliphatic rings. The summed E-state index contributed by atoms with van der Waals surface area (Å²) in [6, 6.07) is 0. The van der Waals surface area contributed by atoms with Crippen LogP contribution in [0.15, 0.2) is 0 Å². The minimum Gasteiger partial charge on any atom is -0.383 e. The molecule has 0 fully saturated rings. The molecule has 0 aromatic carbocycles. The molecule has 1 unspecified atom stereocenters. The third kappa shape index (κ3) is 7.98. The van der Waals surface area contributed by atoms with Crippen LogP contribution in [-0.4, -0.2) is 39.5 Å². The molecule has 0 amide bonds. The van der Waals surface area contributed by atoms with Crippen LogP contribution < -0.4 is 5.32 Å². The van der Waals surface area contributed by atoms with Gasteiger partial charge in [-0.1, -0.05) is 6.92 Å². The fourth-order valence-corrected chi connectivity index (χ4v) is 0.858. The molecule has 3 nitrogen and oxygen atoms in total. The quantitative estimate of drug-likeness (QED) is 0.559. The lowest BCUT2D eigenvalue weighted by atomic mass is 10.4. The number of rotatable bonds is 8. The van der Waals surface area contributed by atoms with Gasteiger partial charge in [0.05, 0.1) is 12.7 Å². The Morgan fingerprint density at radius 1 is 1.33 bits per heavy atom. The van der Waals surface area contributed by atoms with Crippen molar-refractivity contribution in [1.29, 1.82) is 0 Å². The largest absolute Gasteiger partial charge is 0.383 e. The van der Waals surface area contributed by atoms with E-state index in [0.717, 1.165) is 32.7 Å². The molecule has 12 heavy (non-hydrogen) atoms. The third-order valence-corrected chi connectivity index (χ3v) is 1.52. The zero-order chi connectivity index (χ0) is 9.23. The van der Waals surface area contributed by atoms with Crippen molar-refractivity contribution in [3.63, 3.8) is 0 Å². The summed E-state index contributed by atoms with van der Waals surface area (Å²) < 4.78 is 10.4. The van der Waals surface area contributed by atoms with Crippen molar-refractivity contribution in [2.45, 2.75) is 26.4 Å². The van der Waals surface area contributed by atoms with Crippen LogP contribution in [0.25, 0.3) is 0 Å². The van der Waals surface area contributed by atoms with Gasteiger partial charge in [-0.3, -0.25) is 0 Å². The molecule has 0 aromatic heterocycles. The lowest BCUT2D eigenvalue weighted by Gasteiger charge is -2.12. The summed E-state index contributed by atoms with van der Waals surface area (Å²) in [4.78, 5) is 0. The Bertz CT molecular complexity index is 88.6. The average Bonchev–Trinajstić information content (AvgIpc) is 2.09. The van der Waals surface area contributed by atoms with Gasteiger partial charge in [0, 0.05) is 26.8 Å². The maximum absolute atomic E-state index is 5.47. The van der Waals surface area contributed by atoms with Gasteiger partial charge in [-0.2, -0.15) is 0 Å². The fraction of sp³-hybridized carbons (Fsp3) is 1.00. The zero-order valence-corrected chi connectivity index (χ0v) is 8.43. The van der Waals surface area contributed by atoms with Gasteiger partial charge < -0.3 is 14.8 Å². The first-order chi connectivity index (χ1) is 5.81. The monoisotopic (exact) mass is 175 g/mol. The summed E-state index contributed by atoms with van der Waals surface area (Å²) in [6.45, 7) is 7.62. The van der Waals surface area contributed by atoms with Gasteiger partial charge >= 0.3 is 0 Å². The molecular formula is C9H21NO2. The van der Waals surface area contributed by atoms with E-state index in [1.54, 1.807) is 7.11 Å². The Labute approximate surface area is 75.4 Å². The highest BCUT2D eigenvalue weighted by atomic mass is 16.5. The number of hydrogen-bond donors (Lipinski definition) is 1. The molecule has 0 saturated carbocycles. The molecule has 0 saturated heterocycles. The van der Waals surface area contributed by atoms with Crippen LogP contribution in [0.2, 0.25) is 0 Å². The number of hydrogen-bond acceptors (Lipinski definition) is 3. The summed E-state index contributed by atoms with van der Waals surface area (Å²) in [5, 5.41) is 3.24. The average molecular weight is 175 g/mol. The SMILES string of the molecule is CCCOC(C)CNCCOC. The highest BCUT2D eigenvalue weighted by molar-refractivity contribution is 4.54. The minimum absolute atomic E-state index is 0.307. The van der Waals surface area contributed by atoms with Gasteiger partial charge in [0.25, 0.3) is 0 Å². The van der Waals surface area contributed by atoms with Gasteiger partial charge in [-0.05, 0) is 13.3 Å². The van der Waals surface area contributed by atoms with Gasteiger partial charge in [-0.25, -0.2) is 0 Å². The Morgan fingerprint density at radius 3 is 2.67 bits per heavy atom. The van der Waals surface area contributed by atoms with E-state index in [-0.39, 0.29) is 0 Å². The second kappa shape index (κ2) is 8.97. The van der Waals surface area contributed by atoms with E-state index in [9.17, 15) is 0 Å². The van der Waals surface area contributed by atoms with Crippen molar-refractivity contribution in [2.24, 2.45) is 0 Å². The summed E-state index contributed by atoms with van der Waals surface area (Å²) in [7, 11) is 1.71. The van der Waals surface area contributed by atoms with E-state index in [1.165, 1.54) is 0 Å². The van der Waals surface area contributed by atoms with E-state index >= 15 is 0 Å². The summed E-state index contributed by atoms with van der Waals surface area (Å²) >= 11 is 0. The molecule has 0 spiro atoms. The third-order valence-electron chi connectivity index (χ3n) is 1.52. The van der Waals surface area contributed by atoms with Crippen molar-refractivity contribution in [1.82, 2.24) is 5.32 Å². The zero-order valence-electron chi connectivity index (χ0n) is 8.43. The maximum atomic E-state index is 5.47.